The van der Waals surface area contributed by atoms with Gasteiger partial charge in [0.1, 0.15) is 6.54 Å². The number of nitro groups is 1. The number of aromatic nitrogens is 1. The predicted molar refractivity (Wildman–Crippen MR) is 65.3 cm³/mol. The van der Waals surface area contributed by atoms with Crippen LogP contribution in [0.2, 0.25) is 0 Å². The predicted octanol–water partition coefficient (Wildman–Crippen LogP) is 0.671. The van der Waals surface area contributed by atoms with Crippen molar-refractivity contribution in [1.82, 2.24) is 9.88 Å². The van der Waals surface area contributed by atoms with E-state index in [2.05, 4.69) is 5.32 Å². The first-order chi connectivity index (χ1) is 8.19. The summed E-state index contributed by atoms with van der Waals surface area (Å²) in [5.74, 6) is -0.370. The first-order valence-electron chi connectivity index (χ1n) is 5.35. The molecule has 0 atom stereocenters. The highest BCUT2D eigenvalue weighted by molar-refractivity contribution is 5.76. The minimum atomic E-state index is -0.613. The van der Waals surface area contributed by atoms with Crippen LogP contribution in [0.15, 0.2) is 23.1 Å². The van der Waals surface area contributed by atoms with E-state index in [1.807, 2.05) is 0 Å². The molecule has 1 heterocycles. The second-order valence-corrected chi connectivity index (χ2v) is 4.91. The third-order valence-corrected chi connectivity index (χ3v) is 2.01. The van der Waals surface area contributed by atoms with E-state index < -0.39 is 16.0 Å². The second-order valence-electron chi connectivity index (χ2n) is 4.91. The van der Waals surface area contributed by atoms with Gasteiger partial charge < -0.3 is 5.32 Å². The number of amides is 1. The van der Waals surface area contributed by atoms with Crippen molar-refractivity contribution in [3.05, 3.63) is 38.8 Å². The topological polar surface area (TPSA) is 94.2 Å². The van der Waals surface area contributed by atoms with Crippen LogP contribution in [0.1, 0.15) is 20.8 Å². The molecule has 98 valence electrons. The molecule has 18 heavy (non-hydrogen) atoms. The van der Waals surface area contributed by atoms with E-state index in [9.17, 15) is 19.7 Å². The number of hydrogen-bond acceptors (Lipinski definition) is 4. The minimum Gasteiger partial charge on any atom is -0.350 e. The molecule has 0 saturated carbocycles. The molecule has 0 aliphatic rings. The number of pyridine rings is 1. The Balaban J connectivity index is 2.91. The summed E-state index contributed by atoms with van der Waals surface area (Å²) in [7, 11) is 0. The Labute approximate surface area is 104 Å². The number of rotatable bonds is 3. The van der Waals surface area contributed by atoms with E-state index in [0.29, 0.717) is 0 Å². The van der Waals surface area contributed by atoms with Crippen molar-refractivity contribution in [2.24, 2.45) is 0 Å². The smallest absolute Gasteiger partial charge is 0.285 e. The lowest BCUT2D eigenvalue weighted by molar-refractivity contribution is -0.385. The van der Waals surface area contributed by atoms with Gasteiger partial charge in [0.25, 0.3) is 11.2 Å². The summed E-state index contributed by atoms with van der Waals surface area (Å²) in [6.07, 6.45) is 1.06. The van der Waals surface area contributed by atoms with Crippen LogP contribution in [0, 0.1) is 10.1 Å². The van der Waals surface area contributed by atoms with Crippen molar-refractivity contribution < 1.29 is 9.72 Å². The van der Waals surface area contributed by atoms with Crippen molar-refractivity contribution in [3.63, 3.8) is 0 Å². The minimum absolute atomic E-state index is 0.224. The van der Waals surface area contributed by atoms with Gasteiger partial charge in [-0.2, -0.15) is 0 Å². The van der Waals surface area contributed by atoms with Gasteiger partial charge in [-0.25, -0.2) is 0 Å². The zero-order valence-electron chi connectivity index (χ0n) is 10.5. The fourth-order valence-electron chi connectivity index (χ4n) is 1.36. The van der Waals surface area contributed by atoms with E-state index >= 15 is 0 Å². The third kappa shape index (κ3) is 4.00. The number of carbonyl (C=O) groups excluding carboxylic acids is 1. The lowest BCUT2D eigenvalue weighted by Crippen LogP contribution is -2.43. The average molecular weight is 253 g/mol. The summed E-state index contributed by atoms with van der Waals surface area (Å²) in [6.45, 7) is 5.18. The Kier molecular flexibility index (Phi) is 3.85. The quantitative estimate of drug-likeness (QED) is 0.632. The molecule has 0 fully saturated rings. The number of nitrogens with zero attached hydrogens (tertiary/aromatic N) is 2. The first kappa shape index (κ1) is 13.9. The van der Waals surface area contributed by atoms with Gasteiger partial charge in [-0.15, -0.1) is 0 Å². The van der Waals surface area contributed by atoms with Crippen LogP contribution in [0.4, 0.5) is 5.69 Å². The van der Waals surface area contributed by atoms with E-state index in [4.69, 9.17) is 0 Å². The van der Waals surface area contributed by atoms with Crippen LogP contribution in [-0.4, -0.2) is 20.9 Å². The maximum absolute atomic E-state index is 11.6. The summed E-state index contributed by atoms with van der Waals surface area (Å²) in [5, 5.41) is 13.2. The van der Waals surface area contributed by atoms with Gasteiger partial charge in [-0.1, -0.05) is 0 Å². The maximum atomic E-state index is 11.6. The van der Waals surface area contributed by atoms with Gasteiger partial charge in [0.2, 0.25) is 5.91 Å². The summed E-state index contributed by atoms with van der Waals surface area (Å²) >= 11 is 0. The SMILES string of the molecule is CC(C)(C)NC(=O)Cn1cc([N+](=O)[O-])ccc1=O. The van der Waals surface area contributed by atoms with Crippen LogP contribution in [0.25, 0.3) is 0 Å². The highest BCUT2D eigenvalue weighted by Gasteiger charge is 2.15. The molecule has 1 rings (SSSR count). The summed E-state index contributed by atoms with van der Waals surface area (Å²) in [5.41, 5.74) is -1.09. The summed E-state index contributed by atoms with van der Waals surface area (Å²) in [4.78, 5) is 33.0. The molecular weight excluding hydrogens is 238 g/mol. The number of nitrogens with one attached hydrogen (secondary N) is 1. The van der Waals surface area contributed by atoms with Crippen molar-refractivity contribution in [1.29, 1.82) is 0 Å². The van der Waals surface area contributed by atoms with E-state index in [0.717, 1.165) is 22.9 Å². The molecule has 1 amide bonds. The van der Waals surface area contributed by atoms with Crippen molar-refractivity contribution in [2.45, 2.75) is 32.9 Å². The van der Waals surface area contributed by atoms with Crippen LogP contribution < -0.4 is 10.9 Å². The van der Waals surface area contributed by atoms with Gasteiger partial charge >= 0.3 is 0 Å². The van der Waals surface area contributed by atoms with Crippen molar-refractivity contribution >= 4 is 11.6 Å². The Morgan fingerprint density at radius 3 is 2.56 bits per heavy atom. The fourth-order valence-corrected chi connectivity index (χ4v) is 1.36. The zero-order chi connectivity index (χ0) is 13.9. The molecule has 0 aromatic carbocycles. The first-order valence-corrected chi connectivity index (χ1v) is 5.35. The molecule has 7 heteroatoms. The Morgan fingerprint density at radius 2 is 2.06 bits per heavy atom. The van der Waals surface area contributed by atoms with Crippen molar-refractivity contribution in [3.8, 4) is 0 Å². The molecule has 1 N–H and O–H groups in total. The van der Waals surface area contributed by atoms with E-state index in [1.54, 1.807) is 20.8 Å². The molecule has 1 aromatic heterocycles. The fraction of sp³-hybridized carbons (Fsp3) is 0.455. The molecule has 7 nitrogen and oxygen atoms in total. The highest BCUT2D eigenvalue weighted by atomic mass is 16.6. The van der Waals surface area contributed by atoms with Crippen molar-refractivity contribution in [2.75, 3.05) is 0 Å². The molecule has 0 spiro atoms. The van der Waals surface area contributed by atoms with Crippen LogP contribution in [0.3, 0.4) is 0 Å². The van der Waals surface area contributed by atoms with Gasteiger partial charge in [0, 0.05) is 17.7 Å². The zero-order valence-corrected chi connectivity index (χ0v) is 10.5. The van der Waals surface area contributed by atoms with Gasteiger partial charge in [-0.3, -0.25) is 24.3 Å². The standard InChI is InChI=1S/C11H15N3O4/c1-11(2,3)12-9(15)7-13-6-8(14(17)18)4-5-10(13)16/h4-6H,7H2,1-3H3,(H,12,15). The van der Waals surface area contributed by atoms with E-state index in [1.165, 1.54) is 0 Å². The Hall–Kier alpha value is -2.18. The third-order valence-electron chi connectivity index (χ3n) is 2.01. The number of carbonyl (C=O) groups is 1. The molecule has 0 aliphatic heterocycles. The van der Waals surface area contributed by atoms with Gasteiger partial charge in [0.05, 0.1) is 11.1 Å². The van der Waals surface area contributed by atoms with Crippen LogP contribution in [0.5, 0.6) is 0 Å². The summed E-state index contributed by atoms with van der Waals surface area (Å²) < 4.78 is 1.01. The van der Waals surface area contributed by atoms with Crippen LogP contribution in [-0.2, 0) is 11.3 Å². The second kappa shape index (κ2) is 4.99. The highest BCUT2D eigenvalue weighted by Crippen LogP contribution is 2.06. The molecular formula is C11H15N3O4. The lowest BCUT2D eigenvalue weighted by Gasteiger charge is -2.20. The lowest BCUT2D eigenvalue weighted by atomic mass is 10.1. The molecule has 0 aliphatic carbocycles. The molecule has 1 aromatic rings. The molecule has 0 saturated heterocycles. The monoisotopic (exact) mass is 253 g/mol. The van der Waals surface area contributed by atoms with Gasteiger partial charge in [0.15, 0.2) is 0 Å². The van der Waals surface area contributed by atoms with Crippen LogP contribution >= 0.6 is 0 Å². The molecule has 0 unspecified atom stereocenters. The summed E-state index contributed by atoms with van der Waals surface area (Å²) in [6, 6.07) is 2.18. The number of hydrogen-bond donors (Lipinski definition) is 1. The maximum Gasteiger partial charge on any atom is 0.285 e. The Morgan fingerprint density at radius 1 is 1.44 bits per heavy atom. The Bertz CT molecular complexity index is 528. The molecule has 0 bridgehead atoms. The van der Waals surface area contributed by atoms with E-state index in [-0.39, 0.29) is 18.1 Å². The average Bonchev–Trinajstić information content (AvgIpc) is 2.18. The normalized spacial score (nSPS) is 11.1. The van der Waals surface area contributed by atoms with Gasteiger partial charge in [-0.05, 0) is 20.8 Å². The largest absolute Gasteiger partial charge is 0.350 e. The molecule has 0 radical (unpaired) electrons.